The van der Waals surface area contributed by atoms with E-state index < -0.39 is 6.04 Å². The zero-order chi connectivity index (χ0) is 22.3. The van der Waals surface area contributed by atoms with E-state index in [-0.39, 0.29) is 23.8 Å². The predicted molar refractivity (Wildman–Crippen MR) is 124 cm³/mol. The van der Waals surface area contributed by atoms with E-state index in [0.29, 0.717) is 17.5 Å². The summed E-state index contributed by atoms with van der Waals surface area (Å²) in [5.41, 5.74) is 2.39. The molecular weight excluding hydrogens is 400 g/mol. The highest BCUT2D eigenvalue weighted by Gasteiger charge is 2.51. The van der Waals surface area contributed by atoms with Crippen molar-refractivity contribution in [1.29, 1.82) is 0 Å². The van der Waals surface area contributed by atoms with Crippen LogP contribution in [0.1, 0.15) is 81.1 Å². The minimum Gasteiger partial charge on any atom is -0.376 e. The molecule has 4 aliphatic carbocycles. The van der Waals surface area contributed by atoms with Gasteiger partial charge in [0, 0.05) is 18.7 Å². The van der Waals surface area contributed by atoms with Gasteiger partial charge in [-0.2, -0.15) is 0 Å². The second kappa shape index (κ2) is 8.81. The molecule has 2 amide bonds. The molecular formula is C27H38N2O3. The van der Waals surface area contributed by atoms with Crippen LogP contribution in [0.5, 0.6) is 0 Å². The SMILES string of the molecule is CC(C)[C@H](NC(=O)c1ccc(C23CC4CC(CC(C4)C2)C3)cc1)C(=O)NC[C@@H]1CCCO1. The molecule has 2 atom stereocenters. The number of hydrogen-bond donors (Lipinski definition) is 2. The first kappa shape index (κ1) is 21.9. The Morgan fingerprint density at radius 3 is 2.19 bits per heavy atom. The van der Waals surface area contributed by atoms with Gasteiger partial charge < -0.3 is 15.4 Å². The first-order chi connectivity index (χ1) is 15.4. The molecule has 0 radical (unpaired) electrons. The van der Waals surface area contributed by atoms with E-state index in [4.69, 9.17) is 4.74 Å². The minimum atomic E-state index is -0.549. The lowest BCUT2D eigenvalue weighted by atomic mass is 9.48. The van der Waals surface area contributed by atoms with Crippen LogP contribution in [-0.4, -0.2) is 37.1 Å². The third-order valence-corrected chi connectivity index (χ3v) is 8.56. The van der Waals surface area contributed by atoms with Gasteiger partial charge in [0.1, 0.15) is 6.04 Å². The van der Waals surface area contributed by atoms with Crippen molar-refractivity contribution in [2.24, 2.45) is 23.7 Å². The van der Waals surface area contributed by atoms with Gasteiger partial charge in [0.05, 0.1) is 6.10 Å². The maximum absolute atomic E-state index is 13.0. The monoisotopic (exact) mass is 438 g/mol. The van der Waals surface area contributed by atoms with Crippen molar-refractivity contribution in [3.8, 4) is 0 Å². The summed E-state index contributed by atoms with van der Waals surface area (Å²) in [5.74, 6) is 2.43. The van der Waals surface area contributed by atoms with Crippen molar-refractivity contribution in [2.75, 3.05) is 13.2 Å². The number of rotatable bonds is 7. The number of amides is 2. The summed E-state index contributed by atoms with van der Waals surface area (Å²) in [6.45, 7) is 5.21. The van der Waals surface area contributed by atoms with E-state index in [1.807, 2.05) is 26.0 Å². The maximum Gasteiger partial charge on any atom is 0.251 e. The van der Waals surface area contributed by atoms with Gasteiger partial charge >= 0.3 is 0 Å². The molecule has 4 bridgehead atoms. The van der Waals surface area contributed by atoms with Gasteiger partial charge in [-0.3, -0.25) is 9.59 Å². The minimum absolute atomic E-state index is 0.00902. The van der Waals surface area contributed by atoms with Crippen LogP contribution in [0.3, 0.4) is 0 Å². The molecule has 1 aliphatic heterocycles. The molecule has 6 rings (SSSR count). The van der Waals surface area contributed by atoms with Crippen molar-refractivity contribution >= 4 is 11.8 Å². The van der Waals surface area contributed by atoms with Crippen LogP contribution >= 0.6 is 0 Å². The molecule has 174 valence electrons. The molecule has 1 aromatic rings. The molecule has 2 N–H and O–H groups in total. The predicted octanol–water partition coefficient (Wildman–Crippen LogP) is 4.20. The van der Waals surface area contributed by atoms with Gasteiger partial charge in [-0.1, -0.05) is 26.0 Å². The van der Waals surface area contributed by atoms with Gasteiger partial charge in [0.15, 0.2) is 0 Å². The lowest BCUT2D eigenvalue weighted by Gasteiger charge is -2.57. The summed E-state index contributed by atoms with van der Waals surface area (Å²) in [5, 5.41) is 5.94. The molecule has 1 saturated heterocycles. The summed E-state index contributed by atoms with van der Waals surface area (Å²) in [7, 11) is 0. The molecule has 0 unspecified atom stereocenters. The number of carbonyl (C=O) groups excluding carboxylic acids is 2. The Morgan fingerprint density at radius 2 is 1.66 bits per heavy atom. The fraction of sp³-hybridized carbons (Fsp3) is 0.704. The number of carbonyl (C=O) groups is 2. The second-order valence-corrected chi connectivity index (χ2v) is 11.4. The highest BCUT2D eigenvalue weighted by Crippen LogP contribution is 2.60. The van der Waals surface area contributed by atoms with Crippen LogP contribution in [0.2, 0.25) is 0 Å². The van der Waals surface area contributed by atoms with Crippen LogP contribution in [0, 0.1) is 23.7 Å². The molecule has 1 heterocycles. The van der Waals surface area contributed by atoms with Gasteiger partial charge in [-0.15, -0.1) is 0 Å². The quantitative estimate of drug-likeness (QED) is 0.670. The van der Waals surface area contributed by atoms with Crippen LogP contribution in [-0.2, 0) is 14.9 Å². The smallest absolute Gasteiger partial charge is 0.251 e. The molecule has 0 aromatic heterocycles. The van der Waals surface area contributed by atoms with Gasteiger partial charge in [0.25, 0.3) is 5.91 Å². The third-order valence-electron chi connectivity index (χ3n) is 8.56. The number of nitrogens with one attached hydrogen (secondary N) is 2. The highest BCUT2D eigenvalue weighted by atomic mass is 16.5. The topological polar surface area (TPSA) is 67.4 Å². The Morgan fingerprint density at radius 1 is 1.03 bits per heavy atom. The summed E-state index contributed by atoms with van der Waals surface area (Å²) in [6, 6.07) is 7.75. The zero-order valence-electron chi connectivity index (χ0n) is 19.6. The number of ether oxygens (including phenoxy) is 1. The number of benzene rings is 1. The van der Waals surface area contributed by atoms with E-state index in [9.17, 15) is 9.59 Å². The molecule has 5 heteroatoms. The van der Waals surface area contributed by atoms with Crippen LogP contribution < -0.4 is 10.6 Å². The van der Waals surface area contributed by atoms with E-state index in [1.165, 1.54) is 44.1 Å². The Kier molecular flexibility index (Phi) is 6.04. The molecule has 5 nitrogen and oxygen atoms in total. The van der Waals surface area contributed by atoms with Crippen molar-refractivity contribution in [2.45, 2.75) is 82.8 Å². The van der Waals surface area contributed by atoms with Crippen molar-refractivity contribution in [3.05, 3.63) is 35.4 Å². The van der Waals surface area contributed by atoms with Gasteiger partial charge in [-0.05, 0) is 98.1 Å². The average Bonchev–Trinajstić information content (AvgIpc) is 3.28. The molecule has 32 heavy (non-hydrogen) atoms. The fourth-order valence-corrected chi connectivity index (χ4v) is 7.33. The zero-order valence-corrected chi connectivity index (χ0v) is 19.6. The van der Waals surface area contributed by atoms with E-state index in [2.05, 4.69) is 22.8 Å². The van der Waals surface area contributed by atoms with Crippen LogP contribution in [0.15, 0.2) is 24.3 Å². The van der Waals surface area contributed by atoms with Crippen LogP contribution in [0.4, 0.5) is 0 Å². The highest BCUT2D eigenvalue weighted by molar-refractivity contribution is 5.97. The van der Waals surface area contributed by atoms with E-state index in [1.54, 1.807) is 0 Å². The van der Waals surface area contributed by atoms with Crippen LogP contribution in [0.25, 0.3) is 0 Å². The summed E-state index contributed by atoms with van der Waals surface area (Å²) in [4.78, 5) is 25.7. The van der Waals surface area contributed by atoms with Crippen molar-refractivity contribution < 1.29 is 14.3 Å². The van der Waals surface area contributed by atoms with E-state index in [0.717, 1.165) is 37.2 Å². The van der Waals surface area contributed by atoms with Gasteiger partial charge in [0.2, 0.25) is 5.91 Å². The Hall–Kier alpha value is -1.88. The fourth-order valence-electron chi connectivity index (χ4n) is 7.33. The van der Waals surface area contributed by atoms with Gasteiger partial charge in [-0.25, -0.2) is 0 Å². The second-order valence-electron chi connectivity index (χ2n) is 11.4. The molecule has 5 fully saturated rings. The molecule has 1 aromatic carbocycles. The van der Waals surface area contributed by atoms with Crippen molar-refractivity contribution in [3.63, 3.8) is 0 Å². The summed E-state index contributed by atoms with van der Waals surface area (Å²) < 4.78 is 5.59. The lowest BCUT2D eigenvalue weighted by Crippen LogP contribution is -2.51. The lowest BCUT2D eigenvalue weighted by molar-refractivity contribution is -0.124. The molecule has 0 spiro atoms. The molecule has 4 saturated carbocycles. The largest absolute Gasteiger partial charge is 0.376 e. The maximum atomic E-state index is 13.0. The molecule has 5 aliphatic rings. The Bertz CT molecular complexity index is 806. The summed E-state index contributed by atoms with van der Waals surface area (Å²) in [6.07, 6.45) is 10.4. The third kappa shape index (κ3) is 4.33. The Labute approximate surface area is 192 Å². The average molecular weight is 439 g/mol. The Balaban J connectivity index is 1.22. The first-order valence-corrected chi connectivity index (χ1v) is 12.7. The first-order valence-electron chi connectivity index (χ1n) is 12.7. The van der Waals surface area contributed by atoms with Crippen molar-refractivity contribution in [1.82, 2.24) is 10.6 Å². The summed E-state index contributed by atoms with van der Waals surface area (Å²) >= 11 is 0. The standard InChI is InChI=1S/C27H38N2O3/c1-17(2)24(26(31)28-16-23-4-3-9-32-23)29-25(30)21-5-7-22(8-6-21)27-13-18-10-19(14-27)12-20(11-18)15-27/h5-8,17-20,23-24H,3-4,9-16H2,1-2H3,(H,28,31)(H,29,30)/t18?,19?,20?,23-,24-,27?/m0/s1. The van der Waals surface area contributed by atoms with E-state index >= 15 is 0 Å². The normalized spacial score (nSPS) is 34.0. The number of hydrogen-bond acceptors (Lipinski definition) is 3.